The quantitative estimate of drug-likeness (QED) is 0.359. The summed E-state index contributed by atoms with van der Waals surface area (Å²) in [7, 11) is 1.66. The van der Waals surface area contributed by atoms with Crippen LogP contribution in [0.1, 0.15) is 17.3 Å². The summed E-state index contributed by atoms with van der Waals surface area (Å²) in [6, 6.07) is 8.58. The molecule has 0 aliphatic carbocycles. The first-order valence-electron chi connectivity index (χ1n) is 10.0. The molecule has 0 spiro atoms. The van der Waals surface area contributed by atoms with E-state index in [1.807, 2.05) is 6.92 Å². The lowest BCUT2D eigenvalue weighted by atomic mass is 10.0. The third-order valence-electron chi connectivity index (χ3n) is 4.90. The van der Waals surface area contributed by atoms with Gasteiger partial charge in [0.15, 0.2) is 6.19 Å². The van der Waals surface area contributed by atoms with Crippen molar-refractivity contribution < 1.29 is 9.53 Å². The third kappa shape index (κ3) is 4.33. The van der Waals surface area contributed by atoms with Gasteiger partial charge in [0.2, 0.25) is 0 Å². The third-order valence-corrected chi connectivity index (χ3v) is 4.90. The first kappa shape index (κ1) is 21.5. The molecule has 0 saturated carbocycles. The van der Waals surface area contributed by atoms with Crippen molar-refractivity contribution in [1.82, 2.24) is 29.6 Å². The number of nitrogens with one attached hydrogen (secondary N) is 1. The number of pyridine rings is 1. The van der Waals surface area contributed by atoms with Crippen LogP contribution < -0.4 is 15.6 Å². The van der Waals surface area contributed by atoms with Crippen LogP contribution in [0.25, 0.3) is 27.9 Å². The second kappa shape index (κ2) is 9.15. The second-order valence-corrected chi connectivity index (χ2v) is 6.99. The topological polar surface area (TPSA) is 128 Å². The molecule has 1 amide bonds. The molecule has 10 nitrogen and oxygen atoms in total. The molecule has 1 N–H and O–H groups in total. The number of nitrogens with zero attached hydrogens (tertiary/aromatic N) is 6. The first-order chi connectivity index (χ1) is 16.0. The van der Waals surface area contributed by atoms with Crippen molar-refractivity contribution in [3.8, 4) is 40.1 Å². The zero-order valence-electron chi connectivity index (χ0n) is 17.9. The number of aryl methyl sites for hydroxylation is 1. The number of carbonyl (C=O) groups excluding carboxylic acids is 1. The highest BCUT2D eigenvalue weighted by Crippen LogP contribution is 2.31. The monoisotopic (exact) mass is 441 g/mol. The smallest absolute Gasteiger partial charge is 0.316 e. The van der Waals surface area contributed by atoms with Crippen molar-refractivity contribution in [1.29, 1.82) is 5.26 Å². The predicted octanol–water partition coefficient (Wildman–Crippen LogP) is 2.30. The molecular formula is C23H19N7O3. The molecule has 0 radical (unpaired) electrons. The number of aromatic nitrogens is 5. The molecule has 0 fully saturated rings. The fraction of sp³-hybridized carbons (Fsp3) is 0.130. The van der Waals surface area contributed by atoms with Crippen LogP contribution in [-0.4, -0.2) is 36.8 Å². The van der Waals surface area contributed by atoms with Crippen LogP contribution >= 0.6 is 0 Å². The van der Waals surface area contributed by atoms with Crippen molar-refractivity contribution in [3.63, 3.8) is 0 Å². The van der Waals surface area contributed by atoms with Crippen LogP contribution in [0.15, 0.2) is 66.1 Å². The molecule has 3 aromatic heterocycles. The number of benzene rings is 1. The highest BCUT2D eigenvalue weighted by molar-refractivity contribution is 5.98. The zero-order chi connectivity index (χ0) is 23.4. The zero-order valence-corrected chi connectivity index (χ0v) is 17.9. The number of hydrogen-bond acceptors (Lipinski definition) is 7. The van der Waals surface area contributed by atoms with Crippen molar-refractivity contribution in [2.45, 2.75) is 6.92 Å². The number of para-hydroxylation sites is 1. The van der Waals surface area contributed by atoms with Crippen molar-refractivity contribution >= 4 is 5.91 Å². The van der Waals surface area contributed by atoms with Crippen molar-refractivity contribution in [2.75, 3.05) is 6.61 Å². The molecule has 0 saturated heterocycles. The van der Waals surface area contributed by atoms with Gasteiger partial charge in [0.1, 0.15) is 0 Å². The summed E-state index contributed by atoms with van der Waals surface area (Å²) < 4.78 is 8.32. The van der Waals surface area contributed by atoms with E-state index >= 15 is 0 Å². The summed E-state index contributed by atoms with van der Waals surface area (Å²) >= 11 is 0. The normalized spacial score (nSPS) is 10.5. The average Bonchev–Trinajstić information content (AvgIpc) is 3.31. The summed E-state index contributed by atoms with van der Waals surface area (Å²) in [4.78, 5) is 33.1. The van der Waals surface area contributed by atoms with E-state index in [1.165, 1.54) is 10.6 Å². The van der Waals surface area contributed by atoms with Crippen LogP contribution in [-0.2, 0) is 7.05 Å². The molecule has 3 heterocycles. The molecule has 0 atom stereocenters. The highest BCUT2D eigenvalue weighted by Gasteiger charge is 2.16. The Balaban J connectivity index is 1.80. The van der Waals surface area contributed by atoms with Gasteiger partial charge in [-0.15, -0.1) is 0 Å². The van der Waals surface area contributed by atoms with Gasteiger partial charge in [-0.05, 0) is 24.6 Å². The maximum Gasteiger partial charge on any atom is 0.316 e. The summed E-state index contributed by atoms with van der Waals surface area (Å²) in [6.07, 6.45) is 9.94. The lowest BCUT2D eigenvalue weighted by Crippen LogP contribution is -2.19. The number of ether oxygens (including phenoxy) is 1. The minimum Gasteiger partial charge on any atom is -0.464 e. The van der Waals surface area contributed by atoms with Crippen molar-refractivity contribution in [3.05, 3.63) is 77.2 Å². The van der Waals surface area contributed by atoms with Crippen LogP contribution in [0.4, 0.5) is 0 Å². The molecule has 0 unspecified atom stereocenters. The Morgan fingerprint density at radius 2 is 1.88 bits per heavy atom. The summed E-state index contributed by atoms with van der Waals surface area (Å²) in [6.45, 7) is 2.29. The summed E-state index contributed by atoms with van der Waals surface area (Å²) in [5, 5.41) is 15.3. The van der Waals surface area contributed by atoms with Crippen LogP contribution in [0, 0.1) is 11.5 Å². The van der Waals surface area contributed by atoms with Crippen LogP contribution in [0.2, 0.25) is 0 Å². The van der Waals surface area contributed by atoms with Crippen LogP contribution in [0.3, 0.4) is 0 Å². The Labute approximate surface area is 188 Å². The predicted molar refractivity (Wildman–Crippen MR) is 120 cm³/mol. The molecule has 164 valence electrons. The minimum absolute atomic E-state index is 0.187. The van der Waals surface area contributed by atoms with Gasteiger partial charge < -0.3 is 9.30 Å². The number of nitriles is 1. The van der Waals surface area contributed by atoms with Gasteiger partial charge in [-0.25, -0.2) is 14.6 Å². The van der Waals surface area contributed by atoms with Gasteiger partial charge >= 0.3 is 6.01 Å². The van der Waals surface area contributed by atoms with E-state index in [0.717, 1.165) is 5.56 Å². The first-order valence-corrected chi connectivity index (χ1v) is 10.0. The molecule has 1 aromatic carbocycles. The molecule has 0 aliphatic rings. The van der Waals surface area contributed by atoms with E-state index in [0.29, 0.717) is 34.5 Å². The van der Waals surface area contributed by atoms with E-state index in [4.69, 9.17) is 10.00 Å². The van der Waals surface area contributed by atoms with E-state index in [-0.39, 0.29) is 11.6 Å². The number of hydrogen-bond donors (Lipinski definition) is 1. The molecule has 33 heavy (non-hydrogen) atoms. The standard InChI is InChI=1S/C23H19N7O3/c1-3-33-23-25-9-15(10-26-23)18-8-21(31)29(2)13-19(18)16-11-28-30(12-16)20-7-5-4-6-17(20)22(32)27-14-24/h4-13H,3H2,1-2H3,(H,27,32). The number of rotatable bonds is 6. The number of amides is 1. The maximum atomic E-state index is 12.4. The molecule has 4 rings (SSSR count). The average molecular weight is 441 g/mol. The largest absolute Gasteiger partial charge is 0.464 e. The summed E-state index contributed by atoms with van der Waals surface area (Å²) in [5.74, 6) is -0.528. The molecule has 0 bridgehead atoms. The Morgan fingerprint density at radius 1 is 1.12 bits per heavy atom. The van der Waals surface area contributed by atoms with E-state index in [2.05, 4.69) is 20.4 Å². The fourth-order valence-corrected chi connectivity index (χ4v) is 3.33. The minimum atomic E-state index is -0.528. The van der Waals surface area contributed by atoms with E-state index in [1.54, 1.807) is 73.2 Å². The lowest BCUT2D eigenvalue weighted by molar-refractivity contribution is 0.0972. The van der Waals surface area contributed by atoms with Crippen molar-refractivity contribution in [2.24, 2.45) is 7.05 Å². The Morgan fingerprint density at radius 3 is 2.61 bits per heavy atom. The Hall–Kier alpha value is -4.78. The Bertz CT molecular complexity index is 1420. The van der Waals surface area contributed by atoms with E-state index in [9.17, 15) is 9.59 Å². The second-order valence-electron chi connectivity index (χ2n) is 6.99. The van der Waals surface area contributed by atoms with E-state index < -0.39 is 5.91 Å². The Kier molecular flexibility index (Phi) is 5.95. The van der Waals surface area contributed by atoms with Gasteiger partial charge in [0, 0.05) is 54.6 Å². The van der Waals surface area contributed by atoms with Gasteiger partial charge in [-0.3, -0.25) is 14.9 Å². The molecular weight excluding hydrogens is 422 g/mol. The molecule has 10 heteroatoms. The highest BCUT2D eigenvalue weighted by atomic mass is 16.5. The maximum absolute atomic E-state index is 12.4. The lowest BCUT2D eigenvalue weighted by Gasteiger charge is -2.10. The number of carbonyl (C=O) groups is 1. The van der Waals surface area contributed by atoms with Gasteiger partial charge in [0.25, 0.3) is 11.5 Å². The van der Waals surface area contributed by atoms with Gasteiger partial charge in [-0.1, -0.05) is 12.1 Å². The SMILES string of the molecule is CCOc1ncc(-c2cc(=O)n(C)cc2-c2cnn(-c3ccccc3C(=O)NC#N)c2)cn1. The van der Waals surface area contributed by atoms with Crippen LogP contribution in [0.5, 0.6) is 6.01 Å². The fourth-order valence-electron chi connectivity index (χ4n) is 3.33. The summed E-state index contributed by atoms with van der Waals surface area (Å²) in [5.41, 5.74) is 3.35. The van der Waals surface area contributed by atoms with Gasteiger partial charge in [-0.2, -0.15) is 10.4 Å². The van der Waals surface area contributed by atoms with Gasteiger partial charge in [0.05, 0.1) is 24.1 Å². The molecule has 4 aromatic rings. The molecule has 0 aliphatic heterocycles.